The lowest BCUT2D eigenvalue weighted by Gasteiger charge is -2.23. The topological polar surface area (TPSA) is 95.6 Å². The lowest BCUT2D eigenvalue weighted by atomic mass is 10.1. The molecule has 0 radical (unpaired) electrons. The molecule has 1 aliphatic heterocycles. The van der Waals surface area contributed by atoms with Gasteiger partial charge in [-0.05, 0) is 54.3 Å². The summed E-state index contributed by atoms with van der Waals surface area (Å²) in [5, 5.41) is 7.45. The van der Waals surface area contributed by atoms with Gasteiger partial charge < -0.3 is 10.6 Å². The monoisotopic (exact) mass is 465 g/mol. The van der Waals surface area contributed by atoms with E-state index in [1.54, 1.807) is 42.5 Å². The molecule has 0 aromatic heterocycles. The first-order chi connectivity index (χ1) is 16.0. The Kier molecular flexibility index (Phi) is 7.05. The van der Waals surface area contributed by atoms with E-state index in [-0.39, 0.29) is 16.7 Å². The maximum absolute atomic E-state index is 13.3. The van der Waals surface area contributed by atoms with Gasteiger partial charge in [0.25, 0.3) is 5.91 Å². The molecule has 33 heavy (non-hydrogen) atoms. The van der Waals surface area contributed by atoms with Gasteiger partial charge in [0, 0.05) is 25.2 Å². The predicted molar refractivity (Wildman–Crippen MR) is 127 cm³/mol. The number of benzene rings is 3. The van der Waals surface area contributed by atoms with Crippen molar-refractivity contribution in [1.82, 2.24) is 14.9 Å². The zero-order chi connectivity index (χ0) is 23.3. The number of sulfonamides is 1. The normalized spacial score (nSPS) is 16.5. The first-order valence-corrected chi connectivity index (χ1v) is 12.5. The maximum atomic E-state index is 13.3. The van der Waals surface area contributed by atoms with Crippen molar-refractivity contribution in [1.29, 1.82) is 0 Å². The van der Waals surface area contributed by atoms with Crippen LogP contribution in [-0.2, 0) is 14.8 Å². The molecule has 1 atom stereocenters. The lowest BCUT2D eigenvalue weighted by molar-refractivity contribution is -0.124. The number of amides is 2. The van der Waals surface area contributed by atoms with E-state index in [1.165, 1.54) is 4.31 Å². The van der Waals surface area contributed by atoms with E-state index < -0.39 is 16.1 Å². The predicted octanol–water partition coefficient (Wildman–Crippen LogP) is 2.93. The molecule has 0 spiro atoms. The maximum Gasteiger partial charge on any atom is 0.251 e. The van der Waals surface area contributed by atoms with Crippen molar-refractivity contribution in [3.05, 3.63) is 78.4 Å². The molecule has 3 aromatic rings. The molecule has 8 heteroatoms. The summed E-state index contributed by atoms with van der Waals surface area (Å²) in [6.07, 6.45) is 1.68. The Labute approximate surface area is 193 Å². The van der Waals surface area contributed by atoms with Crippen LogP contribution in [0.2, 0.25) is 0 Å². The zero-order valence-corrected chi connectivity index (χ0v) is 19.1. The molecule has 2 N–H and O–H groups in total. The second kappa shape index (κ2) is 10.1. The Bertz CT molecular complexity index is 1240. The van der Waals surface area contributed by atoms with Crippen molar-refractivity contribution in [2.45, 2.75) is 30.2 Å². The van der Waals surface area contributed by atoms with Gasteiger partial charge in [-0.1, -0.05) is 48.5 Å². The van der Waals surface area contributed by atoms with Crippen molar-refractivity contribution >= 4 is 32.6 Å². The minimum absolute atomic E-state index is 0.162. The Balaban J connectivity index is 1.32. The van der Waals surface area contributed by atoms with Crippen LogP contribution in [-0.4, -0.2) is 50.2 Å². The summed E-state index contributed by atoms with van der Waals surface area (Å²) in [5.74, 6) is -0.461. The highest BCUT2D eigenvalue weighted by atomic mass is 32.2. The molecule has 0 aliphatic carbocycles. The molecule has 0 saturated carbocycles. The average Bonchev–Trinajstić information content (AvgIpc) is 3.35. The summed E-state index contributed by atoms with van der Waals surface area (Å²) in [6.45, 7) is 1.09. The number of nitrogens with one attached hydrogen (secondary N) is 2. The number of rotatable bonds is 8. The second-order valence-corrected chi connectivity index (χ2v) is 9.94. The molecule has 4 rings (SSSR count). The first kappa shape index (κ1) is 22.9. The number of nitrogens with zero attached hydrogens (tertiary/aromatic N) is 1. The van der Waals surface area contributed by atoms with Crippen LogP contribution in [0.25, 0.3) is 10.8 Å². The highest BCUT2D eigenvalue weighted by Gasteiger charge is 2.39. The van der Waals surface area contributed by atoms with Crippen LogP contribution in [0.15, 0.2) is 77.7 Å². The van der Waals surface area contributed by atoms with Gasteiger partial charge in [-0.25, -0.2) is 8.42 Å². The molecule has 1 aliphatic rings. The van der Waals surface area contributed by atoms with Gasteiger partial charge in [0.1, 0.15) is 6.04 Å². The third kappa shape index (κ3) is 5.23. The SMILES string of the molecule is O=C(NCCCNC(=O)[C@@H]1CCCN1S(=O)(=O)c1ccc2ccccc2c1)c1ccccc1. The summed E-state index contributed by atoms with van der Waals surface area (Å²) in [6, 6.07) is 20.8. The number of hydrogen-bond acceptors (Lipinski definition) is 4. The van der Waals surface area contributed by atoms with Gasteiger partial charge in [-0.15, -0.1) is 0 Å². The van der Waals surface area contributed by atoms with E-state index >= 15 is 0 Å². The summed E-state index contributed by atoms with van der Waals surface area (Å²) in [5.41, 5.74) is 0.585. The molecule has 3 aromatic carbocycles. The van der Waals surface area contributed by atoms with Crippen LogP contribution in [0.5, 0.6) is 0 Å². The minimum atomic E-state index is -3.79. The Morgan fingerprint density at radius 3 is 2.36 bits per heavy atom. The van der Waals surface area contributed by atoms with E-state index in [0.29, 0.717) is 44.5 Å². The van der Waals surface area contributed by atoms with Crippen LogP contribution in [0, 0.1) is 0 Å². The fourth-order valence-electron chi connectivity index (χ4n) is 4.06. The molecule has 0 unspecified atom stereocenters. The van der Waals surface area contributed by atoms with Crippen LogP contribution in [0.1, 0.15) is 29.6 Å². The first-order valence-electron chi connectivity index (χ1n) is 11.1. The molecular formula is C25H27N3O4S. The Hall–Kier alpha value is -3.23. The minimum Gasteiger partial charge on any atom is -0.355 e. The quantitative estimate of drug-likeness (QED) is 0.500. The second-order valence-electron chi connectivity index (χ2n) is 8.05. The fourth-order valence-corrected chi connectivity index (χ4v) is 5.76. The highest BCUT2D eigenvalue weighted by Crippen LogP contribution is 2.28. The molecule has 0 bridgehead atoms. The highest BCUT2D eigenvalue weighted by molar-refractivity contribution is 7.89. The van der Waals surface area contributed by atoms with Crippen molar-refractivity contribution in [2.24, 2.45) is 0 Å². The molecule has 1 heterocycles. The number of carbonyl (C=O) groups excluding carboxylic acids is 2. The summed E-state index contributed by atoms with van der Waals surface area (Å²) < 4.78 is 27.9. The van der Waals surface area contributed by atoms with Gasteiger partial charge in [0.05, 0.1) is 4.90 Å². The number of hydrogen-bond donors (Lipinski definition) is 2. The fraction of sp³-hybridized carbons (Fsp3) is 0.280. The zero-order valence-electron chi connectivity index (χ0n) is 18.2. The standard InChI is InChI=1S/C25H27N3O4S/c29-24(20-9-2-1-3-10-20)26-15-7-16-27-25(30)23-12-6-17-28(23)33(31,32)22-14-13-19-8-4-5-11-21(19)18-22/h1-5,8-11,13-14,18,23H,6-7,12,15-17H2,(H,26,29)(H,27,30)/t23-/m0/s1. The van der Waals surface area contributed by atoms with E-state index in [1.807, 2.05) is 30.3 Å². The van der Waals surface area contributed by atoms with Gasteiger partial charge in [-0.3, -0.25) is 9.59 Å². The summed E-state index contributed by atoms with van der Waals surface area (Å²) in [4.78, 5) is 25.0. The third-order valence-electron chi connectivity index (χ3n) is 5.81. The van der Waals surface area contributed by atoms with Crippen LogP contribution >= 0.6 is 0 Å². The van der Waals surface area contributed by atoms with Crippen molar-refractivity contribution in [3.63, 3.8) is 0 Å². The molecule has 7 nitrogen and oxygen atoms in total. The van der Waals surface area contributed by atoms with E-state index in [2.05, 4.69) is 10.6 Å². The van der Waals surface area contributed by atoms with E-state index in [0.717, 1.165) is 10.8 Å². The molecule has 1 fully saturated rings. The lowest BCUT2D eigenvalue weighted by Crippen LogP contribution is -2.46. The van der Waals surface area contributed by atoms with Crippen LogP contribution in [0.3, 0.4) is 0 Å². The smallest absolute Gasteiger partial charge is 0.251 e. The average molecular weight is 466 g/mol. The van der Waals surface area contributed by atoms with Crippen LogP contribution in [0.4, 0.5) is 0 Å². The molecule has 1 saturated heterocycles. The molecular weight excluding hydrogens is 438 g/mol. The van der Waals surface area contributed by atoms with E-state index in [9.17, 15) is 18.0 Å². The Morgan fingerprint density at radius 2 is 1.58 bits per heavy atom. The largest absolute Gasteiger partial charge is 0.355 e. The number of fused-ring (bicyclic) bond motifs is 1. The van der Waals surface area contributed by atoms with Gasteiger partial charge >= 0.3 is 0 Å². The molecule has 2 amide bonds. The van der Waals surface area contributed by atoms with Crippen molar-refractivity contribution < 1.29 is 18.0 Å². The van der Waals surface area contributed by atoms with Gasteiger partial charge in [-0.2, -0.15) is 4.31 Å². The summed E-state index contributed by atoms with van der Waals surface area (Å²) in [7, 11) is -3.79. The van der Waals surface area contributed by atoms with Gasteiger partial charge in [0.15, 0.2) is 0 Å². The van der Waals surface area contributed by atoms with E-state index in [4.69, 9.17) is 0 Å². The van der Waals surface area contributed by atoms with Crippen molar-refractivity contribution in [2.75, 3.05) is 19.6 Å². The third-order valence-corrected chi connectivity index (χ3v) is 7.71. The Morgan fingerprint density at radius 1 is 0.879 bits per heavy atom. The molecule has 172 valence electrons. The van der Waals surface area contributed by atoms with Crippen molar-refractivity contribution in [3.8, 4) is 0 Å². The summed E-state index contributed by atoms with van der Waals surface area (Å²) >= 11 is 0. The van der Waals surface area contributed by atoms with Crippen LogP contribution < -0.4 is 10.6 Å². The van der Waals surface area contributed by atoms with Gasteiger partial charge in [0.2, 0.25) is 15.9 Å². The number of carbonyl (C=O) groups is 2.